The number of halogens is 1. The second kappa shape index (κ2) is 5.97. The number of ketones is 1. The zero-order valence-corrected chi connectivity index (χ0v) is 12.5. The maximum Gasteiger partial charge on any atom is 0.514 e. The van der Waals surface area contributed by atoms with Crippen molar-refractivity contribution in [3.63, 3.8) is 0 Å². The lowest BCUT2D eigenvalue weighted by Crippen LogP contribution is -2.13. The van der Waals surface area contributed by atoms with Crippen molar-refractivity contribution in [2.45, 2.75) is 6.92 Å². The van der Waals surface area contributed by atoms with Crippen LogP contribution in [0.25, 0.3) is 0 Å². The Morgan fingerprint density at radius 2 is 1.95 bits per heavy atom. The summed E-state index contributed by atoms with van der Waals surface area (Å²) in [6.07, 6.45) is -0.925. The van der Waals surface area contributed by atoms with Crippen LogP contribution in [0.5, 0.6) is 5.88 Å². The second-order valence-electron chi connectivity index (χ2n) is 4.25. The summed E-state index contributed by atoms with van der Waals surface area (Å²) in [5.74, 6) is -0.352. The lowest BCUT2D eigenvalue weighted by molar-refractivity contribution is 0.102. The fourth-order valence-electron chi connectivity index (χ4n) is 1.92. The van der Waals surface area contributed by atoms with E-state index >= 15 is 0 Å². The summed E-state index contributed by atoms with van der Waals surface area (Å²) in [5.41, 5.74) is 0.919. The number of benzene rings is 1. The van der Waals surface area contributed by atoms with E-state index in [1.54, 1.807) is 38.2 Å². The number of aryl methyl sites for hydroxylation is 2. The van der Waals surface area contributed by atoms with E-state index in [0.29, 0.717) is 16.3 Å². The highest BCUT2D eigenvalue weighted by atomic mass is 35.5. The molecule has 0 aliphatic heterocycles. The lowest BCUT2D eigenvalue weighted by atomic mass is 10.0. The smallest absolute Gasteiger partial charge is 0.437 e. The molecule has 0 fully saturated rings. The van der Waals surface area contributed by atoms with Gasteiger partial charge in [0.25, 0.3) is 0 Å². The molecule has 2 rings (SSSR count). The summed E-state index contributed by atoms with van der Waals surface area (Å²) in [5, 5.41) is 4.41. The van der Waals surface area contributed by atoms with E-state index in [2.05, 4.69) is 9.84 Å². The molecule has 0 aliphatic carbocycles. The highest BCUT2D eigenvalue weighted by Gasteiger charge is 2.26. The van der Waals surface area contributed by atoms with Gasteiger partial charge in [-0.1, -0.05) is 23.7 Å². The molecule has 0 N–H and O–H groups in total. The number of ether oxygens (including phenoxy) is 2. The summed E-state index contributed by atoms with van der Waals surface area (Å²) in [4.78, 5) is 23.9. The SMILES string of the molecule is COC(=O)Oc1c(C(=O)c2ccccc2Cl)c(C)nn1C. The Morgan fingerprint density at radius 1 is 1.29 bits per heavy atom. The third-order valence-electron chi connectivity index (χ3n) is 2.86. The monoisotopic (exact) mass is 308 g/mol. The normalized spacial score (nSPS) is 10.3. The summed E-state index contributed by atoms with van der Waals surface area (Å²) < 4.78 is 10.7. The van der Waals surface area contributed by atoms with Gasteiger partial charge in [0.05, 0.1) is 17.8 Å². The maximum absolute atomic E-state index is 12.6. The predicted octanol–water partition coefficient (Wildman–Crippen LogP) is 2.76. The van der Waals surface area contributed by atoms with Crippen molar-refractivity contribution in [3.8, 4) is 5.88 Å². The molecule has 0 spiro atoms. The Bertz CT molecular complexity index is 709. The van der Waals surface area contributed by atoms with Crippen molar-refractivity contribution in [3.05, 3.63) is 46.1 Å². The molecule has 0 radical (unpaired) electrons. The van der Waals surface area contributed by atoms with E-state index in [-0.39, 0.29) is 17.2 Å². The molecule has 0 aliphatic rings. The zero-order chi connectivity index (χ0) is 15.6. The molecule has 110 valence electrons. The number of methoxy groups -OCH3 is 1. The van der Waals surface area contributed by atoms with E-state index in [1.807, 2.05) is 0 Å². The molecule has 0 amide bonds. The average molecular weight is 309 g/mol. The van der Waals surface area contributed by atoms with Crippen molar-refractivity contribution in [1.29, 1.82) is 0 Å². The van der Waals surface area contributed by atoms with Gasteiger partial charge in [-0.25, -0.2) is 9.48 Å². The van der Waals surface area contributed by atoms with Gasteiger partial charge in [-0.15, -0.1) is 0 Å². The Morgan fingerprint density at radius 3 is 2.57 bits per heavy atom. The number of hydrogen-bond acceptors (Lipinski definition) is 5. The molecule has 0 bridgehead atoms. The molecular formula is C14H13ClN2O4. The number of hydrogen-bond donors (Lipinski definition) is 0. The van der Waals surface area contributed by atoms with Gasteiger partial charge in [0.2, 0.25) is 11.7 Å². The van der Waals surface area contributed by atoms with Crippen LogP contribution in [0.2, 0.25) is 5.02 Å². The summed E-state index contributed by atoms with van der Waals surface area (Å²) in [6, 6.07) is 6.63. The third-order valence-corrected chi connectivity index (χ3v) is 3.19. The Labute approximate surface area is 126 Å². The summed E-state index contributed by atoms with van der Waals surface area (Å²) in [6.45, 7) is 1.65. The zero-order valence-electron chi connectivity index (χ0n) is 11.7. The predicted molar refractivity (Wildman–Crippen MR) is 75.9 cm³/mol. The van der Waals surface area contributed by atoms with E-state index in [9.17, 15) is 9.59 Å². The topological polar surface area (TPSA) is 70.4 Å². The molecule has 21 heavy (non-hydrogen) atoms. The van der Waals surface area contributed by atoms with Crippen LogP contribution in [0.4, 0.5) is 4.79 Å². The van der Waals surface area contributed by atoms with E-state index in [4.69, 9.17) is 16.3 Å². The summed E-state index contributed by atoms with van der Waals surface area (Å²) >= 11 is 6.03. The first-order valence-electron chi connectivity index (χ1n) is 6.04. The Kier molecular flexibility index (Phi) is 4.28. The largest absolute Gasteiger partial charge is 0.514 e. The highest BCUT2D eigenvalue weighted by Crippen LogP contribution is 2.27. The van der Waals surface area contributed by atoms with Gasteiger partial charge < -0.3 is 9.47 Å². The molecule has 1 aromatic carbocycles. The van der Waals surface area contributed by atoms with Gasteiger partial charge in [0.15, 0.2) is 0 Å². The molecule has 6 nitrogen and oxygen atoms in total. The van der Waals surface area contributed by atoms with Crippen LogP contribution < -0.4 is 4.74 Å². The van der Waals surface area contributed by atoms with Crippen LogP contribution in [0, 0.1) is 6.92 Å². The van der Waals surface area contributed by atoms with Crippen molar-refractivity contribution < 1.29 is 19.1 Å². The Hall–Kier alpha value is -2.34. The first-order valence-corrected chi connectivity index (χ1v) is 6.42. The number of carbonyl (C=O) groups is 2. The van der Waals surface area contributed by atoms with Crippen LogP contribution in [0.3, 0.4) is 0 Å². The molecule has 0 atom stereocenters. The number of aromatic nitrogens is 2. The van der Waals surface area contributed by atoms with Crippen LogP contribution in [-0.4, -0.2) is 28.8 Å². The standard InChI is InChI=1S/C14H13ClN2O4/c1-8-11(12(18)9-6-4-5-7-10(9)15)13(17(2)16-8)21-14(19)20-3/h4-7H,1-3H3. The van der Waals surface area contributed by atoms with Gasteiger partial charge in [-0.2, -0.15) is 5.10 Å². The van der Waals surface area contributed by atoms with Gasteiger partial charge in [0.1, 0.15) is 5.56 Å². The van der Waals surface area contributed by atoms with Crippen molar-refractivity contribution in [1.82, 2.24) is 9.78 Å². The first kappa shape index (κ1) is 15.1. The lowest BCUT2D eigenvalue weighted by Gasteiger charge is -2.07. The van der Waals surface area contributed by atoms with E-state index in [0.717, 1.165) is 0 Å². The molecule has 0 saturated heterocycles. The number of rotatable bonds is 3. The molecular weight excluding hydrogens is 296 g/mol. The molecule has 0 saturated carbocycles. The minimum Gasteiger partial charge on any atom is -0.437 e. The first-order chi connectivity index (χ1) is 9.95. The molecule has 1 heterocycles. The number of carbonyl (C=O) groups excluding carboxylic acids is 2. The van der Waals surface area contributed by atoms with Crippen molar-refractivity contribution in [2.24, 2.45) is 7.05 Å². The molecule has 1 aromatic heterocycles. The van der Waals surface area contributed by atoms with E-state index < -0.39 is 6.16 Å². The van der Waals surface area contributed by atoms with Gasteiger partial charge in [0, 0.05) is 12.6 Å². The maximum atomic E-state index is 12.6. The van der Waals surface area contributed by atoms with Crippen molar-refractivity contribution in [2.75, 3.05) is 7.11 Å². The molecule has 2 aromatic rings. The van der Waals surface area contributed by atoms with E-state index in [1.165, 1.54) is 11.8 Å². The average Bonchev–Trinajstić information content (AvgIpc) is 2.73. The van der Waals surface area contributed by atoms with Crippen LogP contribution >= 0.6 is 11.6 Å². The van der Waals surface area contributed by atoms with Gasteiger partial charge >= 0.3 is 6.16 Å². The van der Waals surface area contributed by atoms with Crippen LogP contribution in [-0.2, 0) is 11.8 Å². The fourth-order valence-corrected chi connectivity index (χ4v) is 2.14. The minimum absolute atomic E-state index is 0.0178. The quantitative estimate of drug-likeness (QED) is 0.644. The van der Waals surface area contributed by atoms with Gasteiger partial charge in [-0.05, 0) is 19.1 Å². The van der Waals surface area contributed by atoms with Crippen molar-refractivity contribution >= 4 is 23.5 Å². The second-order valence-corrected chi connectivity index (χ2v) is 4.66. The molecule has 0 unspecified atom stereocenters. The van der Waals surface area contributed by atoms with Crippen LogP contribution in [0.15, 0.2) is 24.3 Å². The minimum atomic E-state index is -0.925. The summed E-state index contributed by atoms with van der Waals surface area (Å²) in [7, 11) is 2.75. The highest BCUT2D eigenvalue weighted by molar-refractivity contribution is 6.35. The third kappa shape index (κ3) is 2.90. The Balaban J connectivity index is 2.51. The van der Waals surface area contributed by atoms with Crippen LogP contribution in [0.1, 0.15) is 21.6 Å². The fraction of sp³-hybridized carbons (Fsp3) is 0.214. The van der Waals surface area contributed by atoms with Gasteiger partial charge in [-0.3, -0.25) is 4.79 Å². The molecule has 7 heteroatoms. The number of nitrogens with zero attached hydrogens (tertiary/aromatic N) is 2.